The molecule has 2 aromatic heterocycles. The third-order valence-electron chi connectivity index (χ3n) is 4.26. The van der Waals surface area contributed by atoms with E-state index in [1.807, 2.05) is 59.4 Å². The van der Waals surface area contributed by atoms with E-state index in [2.05, 4.69) is 37.8 Å². The fraction of sp³-hybridized carbons (Fsp3) is 0.0952. The van der Waals surface area contributed by atoms with Crippen LogP contribution in [0, 0.1) is 6.92 Å². The Kier molecular flexibility index (Phi) is 5.24. The van der Waals surface area contributed by atoms with Crippen LogP contribution in [0.15, 0.2) is 76.8 Å². The van der Waals surface area contributed by atoms with E-state index < -0.39 is 0 Å². The van der Waals surface area contributed by atoms with Crippen molar-refractivity contribution in [2.75, 3.05) is 5.43 Å². The fourth-order valence-corrected chi connectivity index (χ4v) is 2.81. The minimum absolute atomic E-state index is 0.176. The Bertz CT molecular complexity index is 1180. The van der Waals surface area contributed by atoms with Crippen molar-refractivity contribution in [2.24, 2.45) is 5.10 Å². The maximum Gasteiger partial charge on any atom is 0.274 e. The first-order chi connectivity index (χ1) is 14.2. The second kappa shape index (κ2) is 8.30. The van der Waals surface area contributed by atoms with Crippen LogP contribution in [-0.4, -0.2) is 31.2 Å². The topological polar surface area (TPSA) is 101 Å². The molecule has 4 rings (SSSR count). The second-order valence-electron chi connectivity index (χ2n) is 6.44. The molecule has 0 spiro atoms. The number of aryl methyl sites for hydroxylation is 1. The molecule has 0 aliphatic carbocycles. The molecule has 0 aliphatic rings. The summed E-state index contributed by atoms with van der Waals surface area (Å²) in [7, 11) is 0. The van der Waals surface area contributed by atoms with Crippen LogP contribution in [0.3, 0.4) is 0 Å². The van der Waals surface area contributed by atoms with Gasteiger partial charge in [0.25, 0.3) is 5.56 Å². The van der Waals surface area contributed by atoms with Crippen molar-refractivity contribution >= 4 is 12.2 Å². The molecule has 0 bridgehead atoms. The summed E-state index contributed by atoms with van der Waals surface area (Å²) in [5.41, 5.74) is 6.49. The number of hydrogen-bond donors (Lipinski definition) is 2. The Balaban J connectivity index is 1.61. The van der Waals surface area contributed by atoms with E-state index in [0.29, 0.717) is 12.2 Å². The summed E-state index contributed by atoms with van der Waals surface area (Å²) in [5.74, 6) is 0.176. The highest BCUT2D eigenvalue weighted by Gasteiger charge is 2.10. The minimum Gasteiger partial charge on any atom is -0.288 e. The van der Waals surface area contributed by atoms with Gasteiger partial charge >= 0.3 is 0 Å². The quantitative estimate of drug-likeness (QED) is 0.393. The largest absolute Gasteiger partial charge is 0.288 e. The first-order valence-corrected chi connectivity index (χ1v) is 9.08. The third kappa shape index (κ3) is 4.44. The molecule has 4 aromatic rings. The van der Waals surface area contributed by atoms with Crippen LogP contribution in [0.2, 0.25) is 0 Å². The molecular formula is C21H19N7O. The van der Waals surface area contributed by atoms with Gasteiger partial charge in [0.2, 0.25) is 5.95 Å². The maximum atomic E-state index is 11.6. The van der Waals surface area contributed by atoms with Crippen molar-refractivity contribution in [2.45, 2.75) is 13.5 Å². The number of nitrogens with zero attached hydrogens (tertiary/aromatic N) is 5. The van der Waals surface area contributed by atoms with E-state index in [0.717, 1.165) is 22.4 Å². The SMILES string of the molecule is Cc1nnc(N/N=C\c2cn(Cc3ccccc3)nc2-c2ccccc2)[nH]c1=O. The van der Waals surface area contributed by atoms with Gasteiger partial charge in [0.1, 0.15) is 11.4 Å². The van der Waals surface area contributed by atoms with E-state index in [4.69, 9.17) is 5.10 Å². The average Bonchev–Trinajstić information content (AvgIpc) is 3.14. The number of benzene rings is 2. The predicted octanol–water partition coefficient (Wildman–Crippen LogP) is 2.83. The lowest BCUT2D eigenvalue weighted by molar-refractivity contribution is 0.689. The molecular weight excluding hydrogens is 366 g/mol. The van der Waals surface area contributed by atoms with E-state index >= 15 is 0 Å². The number of rotatable bonds is 6. The summed E-state index contributed by atoms with van der Waals surface area (Å²) in [6, 6.07) is 20.0. The van der Waals surface area contributed by atoms with Gasteiger partial charge in [-0.15, -0.1) is 10.2 Å². The number of hydrazone groups is 1. The molecule has 0 atom stereocenters. The van der Waals surface area contributed by atoms with Gasteiger partial charge in [-0.05, 0) is 12.5 Å². The Morgan fingerprint density at radius 2 is 1.79 bits per heavy atom. The Hall–Kier alpha value is -4.07. The molecule has 0 aliphatic heterocycles. The van der Waals surface area contributed by atoms with Crippen LogP contribution in [0.25, 0.3) is 11.3 Å². The van der Waals surface area contributed by atoms with Crippen LogP contribution in [-0.2, 0) is 6.54 Å². The van der Waals surface area contributed by atoms with Crippen LogP contribution in [0.5, 0.6) is 0 Å². The van der Waals surface area contributed by atoms with Crippen LogP contribution in [0.4, 0.5) is 5.95 Å². The van der Waals surface area contributed by atoms with E-state index in [9.17, 15) is 4.79 Å². The third-order valence-corrected chi connectivity index (χ3v) is 4.26. The van der Waals surface area contributed by atoms with Crippen molar-refractivity contribution in [1.82, 2.24) is 25.0 Å². The Morgan fingerprint density at radius 1 is 1.07 bits per heavy atom. The first kappa shape index (κ1) is 18.3. The van der Waals surface area contributed by atoms with Gasteiger partial charge in [-0.1, -0.05) is 60.7 Å². The molecule has 0 fully saturated rings. The predicted molar refractivity (Wildman–Crippen MR) is 112 cm³/mol. The highest BCUT2D eigenvalue weighted by molar-refractivity contribution is 5.88. The second-order valence-corrected chi connectivity index (χ2v) is 6.44. The summed E-state index contributed by atoms with van der Waals surface area (Å²) in [6.45, 7) is 2.24. The minimum atomic E-state index is -0.307. The number of anilines is 1. The van der Waals surface area contributed by atoms with Gasteiger partial charge < -0.3 is 0 Å². The lowest BCUT2D eigenvalue weighted by Crippen LogP contribution is -2.15. The highest BCUT2D eigenvalue weighted by Crippen LogP contribution is 2.21. The van der Waals surface area contributed by atoms with Crippen molar-refractivity contribution in [3.8, 4) is 11.3 Å². The molecule has 144 valence electrons. The molecule has 8 heteroatoms. The van der Waals surface area contributed by atoms with Gasteiger partial charge in [0.15, 0.2) is 0 Å². The molecule has 2 aromatic carbocycles. The lowest BCUT2D eigenvalue weighted by atomic mass is 10.1. The van der Waals surface area contributed by atoms with Crippen molar-refractivity contribution < 1.29 is 0 Å². The highest BCUT2D eigenvalue weighted by atomic mass is 16.1. The van der Waals surface area contributed by atoms with Crippen LogP contribution in [0.1, 0.15) is 16.8 Å². The van der Waals surface area contributed by atoms with Crippen LogP contribution >= 0.6 is 0 Å². The Morgan fingerprint density at radius 3 is 2.52 bits per heavy atom. The molecule has 0 radical (unpaired) electrons. The maximum absolute atomic E-state index is 11.6. The van der Waals surface area contributed by atoms with E-state index in [-0.39, 0.29) is 11.5 Å². The Labute approximate surface area is 167 Å². The summed E-state index contributed by atoms with van der Waals surface area (Å²) >= 11 is 0. The van der Waals surface area contributed by atoms with Gasteiger partial charge in [0, 0.05) is 17.3 Å². The molecule has 0 unspecified atom stereocenters. The standard InChI is InChI=1S/C21H19N7O/c1-15-20(29)23-21(26-24-15)25-22-12-18-14-28(13-16-8-4-2-5-9-16)27-19(18)17-10-6-3-7-11-17/h2-12,14H,13H2,1H3,(H2,23,25,26,29)/b22-12-. The smallest absolute Gasteiger partial charge is 0.274 e. The molecule has 0 amide bonds. The van der Waals surface area contributed by atoms with Crippen molar-refractivity contribution in [3.63, 3.8) is 0 Å². The normalized spacial score (nSPS) is 11.1. The monoisotopic (exact) mass is 385 g/mol. The zero-order valence-corrected chi connectivity index (χ0v) is 15.8. The van der Waals surface area contributed by atoms with Gasteiger partial charge in [0.05, 0.1) is 12.8 Å². The van der Waals surface area contributed by atoms with E-state index in [1.165, 1.54) is 0 Å². The summed E-state index contributed by atoms with van der Waals surface area (Å²) in [5, 5.41) is 16.6. The molecule has 2 N–H and O–H groups in total. The zero-order chi connectivity index (χ0) is 20.1. The molecule has 0 saturated heterocycles. The zero-order valence-electron chi connectivity index (χ0n) is 15.8. The van der Waals surface area contributed by atoms with Gasteiger partial charge in [-0.25, -0.2) is 5.43 Å². The number of H-pyrrole nitrogens is 1. The number of aromatic amines is 1. The molecule has 0 saturated carbocycles. The molecule has 8 nitrogen and oxygen atoms in total. The summed E-state index contributed by atoms with van der Waals surface area (Å²) in [4.78, 5) is 14.2. The average molecular weight is 385 g/mol. The molecule has 2 heterocycles. The van der Waals surface area contributed by atoms with Crippen molar-refractivity contribution in [1.29, 1.82) is 0 Å². The van der Waals surface area contributed by atoms with Gasteiger partial charge in [-0.2, -0.15) is 10.2 Å². The summed E-state index contributed by atoms with van der Waals surface area (Å²) in [6.07, 6.45) is 3.58. The molecule has 29 heavy (non-hydrogen) atoms. The summed E-state index contributed by atoms with van der Waals surface area (Å²) < 4.78 is 1.88. The van der Waals surface area contributed by atoms with Crippen molar-refractivity contribution in [3.05, 3.63) is 94.0 Å². The van der Waals surface area contributed by atoms with E-state index in [1.54, 1.807) is 13.1 Å². The lowest BCUT2D eigenvalue weighted by Gasteiger charge is -2.01. The fourth-order valence-electron chi connectivity index (χ4n) is 2.81. The van der Waals surface area contributed by atoms with Crippen LogP contribution < -0.4 is 11.0 Å². The first-order valence-electron chi connectivity index (χ1n) is 9.08. The number of nitrogens with one attached hydrogen (secondary N) is 2. The van der Waals surface area contributed by atoms with Gasteiger partial charge in [-0.3, -0.25) is 14.5 Å². The number of hydrogen-bond acceptors (Lipinski definition) is 6. The number of aromatic nitrogens is 5.